The van der Waals surface area contributed by atoms with E-state index in [4.69, 9.17) is 4.74 Å². The summed E-state index contributed by atoms with van der Waals surface area (Å²) >= 11 is 0. The van der Waals surface area contributed by atoms with Crippen LogP contribution in [-0.4, -0.2) is 30.7 Å². The summed E-state index contributed by atoms with van der Waals surface area (Å²) in [5.74, 6) is 0.0579. The van der Waals surface area contributed by atoms with Crippen LogP contribution in [0.1, 0.15) is 15.9 Å². The second kappa shape index (κ2) is 3.80. The van der Waals surface area contributed by atoms with Gasteiger partial charge in [0, 0.05) is 12.1 Å². The summed E-state index contributed by atoms with van der Waals surface area (Å²) in [7, 11) is 0. The van der Waals surface area contributed by atoms with Gasteiger partial charge in [-0.2, -0.15) is 0 Å². The minimum Gasteiger partial charge on any atom is -0.359 e. The molecule has 0 atom stereocenters. The summed E-state index contributed by atoms with van der Waals surface area (Å²) in [5, 5.41) is 0. The van der Waals surface area contributed by atoms with Crippen LogP contribution < -0.4 is 0 Å². The number of rotatable bonds is 1. The lowest BCUT2D eigenvalue weighted by Gasteiger charge is -2.13. The van der Waals surface area contributed by atoms with Gasteiger partial charge in [0.1, 0.15) is 6.73 Å². The van der Waals surface area contributed by atoms with E-state index in [0.717, 1.165) is 5.56 Å². The molecule has 1 fully saturated rings. The molecule has 1 heterocycles. The maximum absolute atomic E-state index is 11.8. The molecule has 0 unspecified atom stereocenters. The first kappa shape index (κ1) is 9.21. The summed E-state index contributed by atoms with van der Waals surface area (Å²) in [6.45, 7) is 3.78. The smallest absolute Gasteiger partial charge is 0.255 e. The van der Waals surface area contributed by atoms with Gasteiger partial charge >= 0.3 is 0 Å². The first-order valence-electron chi connectivity index (χ1n) is 4.71. The monoisotopic (exact) mass is 191 g/mol. The van der Waals surface area contributed by atoms with Gasteiger partial charge in [-0.05, 0) is 19.1 Å². The van der Waals surface area contributed by atoms with Crippen LogP contribution in [0.25, 0.3) is 0 Å². The lowest BCUT2D eigenvalue weighted by Crippen LogP contribution is -2.28. The molecule has 0 bridgehead atoms. The topological polar surface area (TPSA) is 29.5 Å². The minimum atomic E-state index is 0.0579. The van der Waals surface area contributed by atoms with Crippen molar-refractivity contribution in [2.24, 2.45) is 0 Å². The van der Waals surface area contributed by atoms with Gasteiger partial charge in [-0.1, -0.05) is 17.7 Å². The third-order valence-corrected chi connectivity index (χ3v) is 2.34. The van der Waals surface area contributed by atoms with Crippen LogP contribution in [-0.2, 0) is 4.74 Å². The van der Waals surface area contributed by atoms with Gasteiger partial charge in [-0.25, -0.2) is 0 Å². The average molecular weight is 191 g/mol. The molecular formula is C11H13NO2. The number of hydrogen-bond acceptors (Lipinski definition) is 2. The van der Waals surface area contributed by atoms with Gasteiger partial charge in [-0.15, -0.1) is 0 Å². The number of carbonyl (C=O) groups is 1. The largest absolute Gasteiger partial charge is 0.359 e. The van der Waals surface area contributed by atoms with Crippen LogP contribution in [0.4, 0.5) is 0 Å². The Morgan fingerprint density at radius 2 is 2.07 bits per heavy atom. The Balaban J connectivity index is 2.14. The number of nitrogens with zero attached hydrogens (tertiary/aromatic N) is 1. The van der Waals surface area contributed by atoms with Crippen LogP contribution in [0.5, 0.6) is 0 Å². The zero-order chi connectivity index (χ0) is 9.97. The number of hydrogen-bond donors (Lipinski definition) is 0. The average Bonchev–Trinajstić information content (AvgIpc) is 2.71. The van der Waals surface area contributed by atoms with Gasteiger partial charge < -0.3 is 9.64 Å². The molecule has 1 amide bonds. The quantitative estimate of drug-likeness (QED) is 0.672. The number of ether oxygens (including phenoxy) is 1. The molecule has 3 nitrogen and oxygen atoms in total. The van der Waals surface area contributed by atoms with Crippen LogP contribution >= 0.6 is 0 Å². The number of aryl methyl sites for hydroxylation is 1. The molecule has 1 aliphatic rings. The Hall–Kier alpha value is -1.35. The molecule has 1 aliphatic heterocycles. The van der Waals surface area contributed by atoms with Crippen LogP contribution in [0.3, 0.4) is 0 Å². The Morgan fingerprint density at radius 1 is 1.36 bits per heavy atom. The van der Waals surface area contributed by atoms with E-state index in [1.807, 2.05) is 31.2 Å². The second-order valence-corrected chi connectivity index (χ2v) is 3.47. The molecule has 1 aromatic carbocycles. The summed E-state index contributed by atoms with van der Waals surface area (Å²) < 4.78 is 5.13. The molecular weight excluding hydrogens is 178 g/mol. The zero-order valence-corrected chi connectivity index (χ0v) is 8.19. The molecule has 0 aliphatic carbocycles. The van der Waals surface area contributed by atoms with E-state index in [2.05, 4.69) is 0 Å². The van der Waals surface area contributed by atoms with E-state index in [-0.39, 0.29) is 5.91 Å². The fourth-order valence-corrected chi connectivity index (χ4v) is 1.45. The molecule has 0 aromatic heterocycles. The van der Waals surface area contributed by atoms with Crippen molar-refractivity contribution in [3.8, 4) is 0 Å². The molecule has 0 radical (unpaired) electrons. The van der Waals surface area contributed by atoms with E-state index >= 15 is 0 Å². The third kappa shape index (κ3) is 1.77. The van der Waals surface area contributed by atoms with Crippen LogP contribution in [0.15, 0.2) is 24.3 Å². The summed E-state index contributed by atoms with van der Waals surface area (Å²) in [4.78, 5) is 13.5. The minimum absolute atomic E-state index is 0.0579. The molecule has 2 rings (SSSR count). The molecule has 0 N–H and O–H groups in total. The third-order valence-electron chi connectivity index (χ3n) is 2.34. The highest BCUT2D eigenvalue weighted by molar-refractivity contribution is 5.94. The number of amides is 1. The fourth-order valence-electron chi connectivity index (χ4n) is 1.45. The predicted molar refractivity (Wildman–Crippen MR) is 53.0 cm³/mol. The lowest BCUT2D eigenvalue weighted by molar-refractivity contribution is 0.0695. The Labute approximate surface area is 83.3 Å². The standard InChI is InChI=1S/C11H13NO2/c1-9-2-4-10(5-3-9)11(13)12-6-7-14-8-12/h2-5H,6-8H2,1H3. The number of carbonyl (C=O) groups excluding carboxylic acids is 1. The highest BCUT2D eigenvalue weighted by atomic mass is 16.5. The SMILES string of the molecule is Cc1ccc(C(=O)N2CCOC2)cc1. The molecule has 14 heavy (non-hydrogen) atoms. The van der Waals surface area contributed by atoms with Gasteiger partial charge in [0.25, 0.3) is 5.91 Å². The Kier molecular flexibility index (Phi) is 2.50. The van der Waals surface area contributed by atoms with E-state index < -0.39 is 0 Å². The second-order valence-electron chi connectivity index (χ2n) is 3.47. The maximum Gasteiger partial charge on any atom is 0.255 e. The molecule has 1 aromatic rings. The van der Waals surface area contributed by atoms with Gasteiger partial charge in [0.15, 0.2) is 0 Å². The van der Waals surface area contributed by atoms with Crippen molar-refractivity contribution in [3.63, 3.8) is 0 Å². The van der Waals surface area contributed by atoms with Crippen molar-refractivity contribution in [2.45, 2.75) is 6.92 Å². The first-order valence-corrected chi connectivity index (χ1v) is 4.71. The first-order chi connectivity index (χ1) is 6.77. The van der Waals surface area contributed by atoms with Gasteiger partial charge in [-0.3, -0.25) is 4.79 Å². The van der Waals surface area contributed by atoms with Gasteiger partial charge in [0.2, 0.25) is 0 Å². The van der Waals surface area contributed by atoms with Crippen molar-refractivity contribution in [2.75, 3.05) is 19.9 Å². The van der Waals surface area contributed by atoms with Crippen LogP contribution in [0.2, 0.25) is 0 Å². The van der Waals surface area contributed by atoms with E-state index in [0.29, 0.717) is 19.9 Å². The molecule has 0 saturated carbocycles. The lowest BCUT2D eigenvalue weighted by atomic mass is 10.1. The number of benzene rings is 1. The van der Waals surface area contributed by atoms with Crippen LogP contribution in [0, 0.1) is 6.92 Å². The molecule has 74 valence electrons. The maximum atomic E-state index is 11.8. The van der Waals surface area contributed by atoms with Crippen molar-refractivity contribution >= 4 is 5.91 Å². The van der Waals surface area contributed by atoms with Crippen molar-refractivity contribution in [1.29, 1.82) is 0 Å². The molecule has 0 spiro atoms. The van der Waals surface area contributed by atoms with Crippen molar-refractivity contribution in [1.82, 2.24) is 4.90 Å². The summed E-state index contributed by atoms with van der Waals surface area (Å²) in [6.07, 6.45) is 0. The highest BCUT2D eigenvalue weighted by Crippen LogP contribution is 2.09. The Morgan fingerprint density at radius 3 is 2.64 bits per heavy atom. The molecule has 1 saturated heterocycles. The summed E-state index contributed by atoms with van der Waals surface area (Å²) in [5.41, 5.74) is 1.90. The van der Waals surface area contributed by atoms with Crippen molar-refractivity contribution < 1.29 is 9.53 Å². The highest BCUT2D eigenvalue weighted by Gasteiger charge is 2.19. The molecule has 3 heteroatoms. The van der Waals surface area contributed by atoms with E-state index in [9.17, 15) is 4.79 Å². The van der Waals surface area contributed by atoms with E-state index in [1.54, 1.807) is 4.90 Å². The Bertz CT molecular complexity index is 326. The zero-order valence-electron chi connectivity index (χ0n) is 8.19. The summed E-state index contributed by atoms with van der Waals surface area (Å²) in [6, 6.07) is 7.61. The fraction of sp³-hybridized carbons (Fsp3) is 0.364. The van der Waals surface area contributed by atoms with Crippen molar-refractivity contribution in [3.05, 3.63) is 35.4 Å². The normalized spacial score (nSPS) is 15.9. The van der Waals surface area contributed by atoms with Gasteiger partial charge in [0.05, 0.1) is 6.61 Å². The predicted octanol–water partition coefficient (Wildman–Crippen LogP) is 1.42. The van der Waals surface area contributed by atoms with E-state index in [1.165, 1.54) is 5.56 Å².